The number of primary sulfonamides is 1. The Hall–Kier alpha value is -3.34. The molecule has 2 aliphatic rings. The Morgan fingerprint density at radius 1 is 0.914 bits per heavy atom. The number of nitrogens with two attached hydrogens (primary N) is 1. The van der Waals surface area contributed by atoms with Crippen LogP contribution < -0.4 is 15.0 Å². The minimum atomic E-state index is -3.86. The minimum Gasteiger partial charge on any atom is -0.378 e. The van der Waals surface area contributed by atoms with Crippen LogP contribution in [-0.2, 0) is 14.8 Å². The third kappa shape index (κ3) is 4.90. The van der Waals surface area contributed by atoms with Crippen molar-refractivity contribution < 1.29 is 21.9 Å². The van der Waals surface area contributed by atoms with E-state index in [-0.39, 0.29) is 4.90 Å². The SMILES string of the molecule is NS(=O)(=O)c1ccc(N2N=C(c3ccc(N4CCOCC4)cc3)CC2c2ccc(F)cc2F)cc1. The molecule has 1 unspecified atom stereocenters. The molecule has 3 aromatic rings. The summed E-state index contributed by atoms with van der Waals surface area (Å²) in [6.07, 6.45) is 0.385. The van der Waals surface area contributed by atoms with E-state index in [0.717, 1.165) is 36.1 Å². The number of morpholine rings is 1. The van der Waals surface area contributed by atoms with Crippen LogP contribution in [0.3, 0.4) is 0 Å². The Morgan fingerprint density at radius 2 is 1.57 bits per heavy atom. The van der Waals surface area contributed by atoms with Gasteiger partial charge in [0, 0.05) is 36.8 Å². The largest absolute Gasteiger partial charge is 0.378 e. The van der Waals surface area contributed by atoms with Gasteiger partial charge in [0.05, 0.1) is 35.6 Å². The van der Waals surface area contributed by atoms with Gasteiger partial charge in [-0.15, -0.1) is 0 Å². The summed E-state index contributed by atoms with van der Waals surface area (Å²) in [5.41, 5.74) is 3.57. The fourth-order valence-electron chi connectivity index (χ4n) is 4.41. The normalized spacial score (nSPS) is 18.6. The third-order valence-corrected chi connectivity index (χ3v) is 7.17. The van der Waals surface area contributed by atoms with Gasteiger partial charge < -0.3 is 9.64 Å². The van der Waals surface area contributed by atoms with Gasteiger partial charge >= 0.3 is 0 Å². The zero-order chi connectivity index (χ0) is 24.6. The quantitative estimate of drug-likeness (QED) is 0.578. The molecule has 2 heterocycles. The van der Waals surface area contributed by atoms with E-state index in [0.29, 0.717) is 30.9 Å². The smallest absolute Gasteiger partial charge is 0.238 e. The Morgan fingerprint density at radius 3 is 2.20 bits per heavy atom. The van der Waals surface area contributed by atoms with Gasteiger partial charge in [-0.1, -0.05) is 18.2 Å². The number of anilines is 2. The van der Waals surface area contributed by atoms with E-state index in [1.807, 2.05) is 24.3 Å². The predicted octanol–water partition coefficient (Wildman–Crippen LogP) is 3.80. The summed E-state index contributed by atoms with van der Waals surface area (Å²) in [5.74, 6) is -1.33. The van der Waals surface area contributed by atoms with Crippen LogP contribution in [0.15, 0.2) is 76.7 Å². The highest BCUT2D eigenvalue weighted by Gasteiger charge is 2.32. The lowest BCUT2D eigenvalue weighted by Crippen LogP contribution is -2.36. The van der Waals surface area contributed by atoms with Crippen LogP contribution in [0.5, 0.6) is 0 Å². The molecule has 1 atom stereocenters. The molecule has 0 spiro atoms. The summed E-state index contributed by atoms with van der Waals surface area (Å²) in [4.78, 5) is 2.22. The fraction of sp³-hybridized carbons (Fsp3) is 0.240. The first kappa shape index (κ1) is 23.4. The second-order valence-corrected chi connectivity index (χ2v) is 10.0. The lowest BCUT2D eigenvalue weighted by molar-refractivity contribution is 0.122. The molecule has 0 radical (unpaired) electrons. The number of hydrazone groups is 1. The second-order valence-electron chi connectivity index (χ2n) is 8.46. The number of sulfonamides is 1. The molecule has 182 valence electrons. The number of hydrogen-bond acceptors (Lipinski definition) is 6. The molecule has 1 saturated heterocycles. The van der Waals surface area contributed by atoms with E-state index >= 15 is 0 Å². The van der Waals surface area contributed by atoms with Gasteiger partial charge in [-0.2, -0.15) is 5.10 Å². The summed E-state index contributed by atoms with van der Waals surface area (Å²) in [6.45, 7) is 3.04. The molecule has 0 aliphatic carbocycles. The zero-order valence-electron chi connectivity index (χ0n) is 18.8. The molecule has 5 rings (SSSR count). The molecule has 2 aliphatic heterocycles. The van der Waals surface area contributed by atoms with Crippen molar-refractivity contribution in [1.29, 1.82) is 0 Å². The summed E-state index contributed by atoms with van der Waals surface area (Å²) >= 11 is 0. The highest BCUT2D eigenvalue weighted by Crippen LogP contribution is 2.38. The van der Waals surface area contributed by atoms with Crippen molar-refractivity contribution in [3.05, 3.63) is 89.5 Å². The van der Waals surface area contributed by atoms with Crippen LogP contribution in [0.2, 0.25) is 0 Å². The Bertz CT molecular complexity index is 1360. The summed E-state index contributed by atoms with van der Waals surface area (Å²) in [6, 6.07) is 16.9. The minimum absolute atomic E-state index is 0.0344. The molecule has 0 bridgehead atoms. The van der Waals surface area contributed by atoms with Crippen molar-refractivity contribution in [1.82, 2.24) is 0 Å². The average Bonchev–Trinajstić information content (AvgIpc) is 3.29. The monoisotopic (exact) mass is 498 g/mol. The van der Waals surface area contributed by atoms with Crippen molar-refractivity contribution in [3.8, 4) is 0 Å². The van der Waals surface area contributed by atoms with Gasteiger partial charge in [-0.25, -0.2) is 22.3 Å². The maximum Gasteiger partial charge on any atom is 0.238 e. The highest BCUT2D eigenvalue weighted by molar-refractivity contribution is 7.89. The van der Waals surface area contributed by atoms with E-state index in [2.05, 4.69) is 4.90 Å². The van der Waals surface area contributed by atoms with Crippen LogP contribution in [0.25, 0.3) is 0 Å². The van der Waals surface area contributed by atoms with Crippen molar-refractivity contribution in [3.63, 3.8) is 0 Å². The molecule has 10 heteroatoms. The first-order valence-electron chi connectivity index (χ1n) is 11.2. The van der Waals surface area contributed by atoms with Crippen molar-refractivity contribution in [2.24, 2.45) is 10.2 Å². The van der Waals surface area contributed by atoms with Crippen LogP contribution in [0, 0.1) is 11.6 Å². The Labute approximate surface area is 202 Å². The van der Waals surface area contributed by atoms with Crippen LogP contribution in [0.4, 0.5) is 20.2 Å². The predicted molar refractivity (Wildman–Crippen MR) is 130 cm³/mol. The lowest BCUT2D eigenvalue weighted by Gasteiger charge is -2.28. The number of ether oxygens (including phenoxy) is 1. The standard InChI is InChI=1S/C25H24F2N4O3S/c26-18-3-10-22(23(27)15-18)25-16-24(17-1-4-19(5-2-17)30-11-13-34-14-12-30)29-31(25)20-6-8-21(9-7-20)35(28,32)33/h1-10,15,25H,11-14,16H2,(H2,28,32,33). The molecule has 3 aromatic carbocycles. The molecule has 2 N–H and O–H groups in total. The topological polar surface area (TPSA) is 88.2 Å². The Balaban J connectivity index is 1.49. The first-order chi connectivity index (χ1) is 16.8. The van der Waals surface area contributed by atoms with Gasteiger partial charge in [-0.05, 0) is 48.0 Å². The molecular formula is C25H24F2N4O3S. The van der Waals surface area contributed by atoms with Crippen LogP contribution >= 0.6 is 0 Å². The third-order valence-electron chi connectivity index (χ3n) is 6.24. The second kappa shape index (κ2) is 9.37. The molecule has 0 saturated carbocycles. The molecular weight excluding hydrogens is 474 g/mol. The molecule has 0 aromatic heterocycles. The van der Waals surface area contributed by atoms with Gasteiger partial charge in [0.15, 0.2) is 0 Å². The number of nitrogens with zero attached hydrogens (tertiary/aromatic N) is 3. The summed E-state index contributed by atoms with van der Waals surface area (Å²) in [7, 11) is -3.86. The van der Waals surface area contributed by atoms with Gasteiger partial charge in [0.25, 0.3) is 0 Å². The molecule has 0 amide bonds. The molecule has 1 fully saturated rings. The van der Waals surface area contributed by atoms with Crippen molar-refractivity contribution in [2.45, 2.75) is 17.4 Å². The number of halogens is 2. The van der Waals surface area contributed by atoms with E-state index in [4.69, 9.17) is 15.0 Å². The van der Waals surface area contributed by atoms with Gasteiger partial charge in [0.1, 0.15) is 11.6 Å². The lowest BCUT2D eigenvalue weighted by atomic mass is 9.97. The van der Waals surface area contributed by atoms with Gasteiger partial charge in [-0.3, -0.25) is 5.01 Å². The van der Waals surface area contributed by atoms with E-state index in [1.54, 1.807) is 17.1 Å². The fourth-order valence-corrected chi connectivity index (χ4v) is 4.93. The van der Waals surface area contributed by atoms with Gasteiger partial charge in [0.2, 0.25) is 10.0 Å². The molecule has 7 nitrogen and oxygen atoms in total. The van der Waals surface area contributed by atoms with Crippen molar-refractivity contribution in [2.75, 3.05) is 36.2 Å². The van der Waals surface area contributed by atoms with E-state index < -0.39 is 27.7 Å². The van der Waals surface area contributed by atoms with Crippen molar-refractivity contribution >= 4 is 27.1 Å². The number of rotatable bonds is 5. The van der Waals surface area contributed by atoms with Crippen LogP contribution in [0.1, 0.15) is 23.6 Å². The maximum absolute atomic E-state index is 14.8. The number of hydrogen-bond donors (Lipinski definition) is 1. The van der Waals surface area contributed by atoms with E-state index in [9.17, 15) is 17.2 Å². The maximum atomic E-state index is 14.8. The highest BCUT2D eigenvalue weighted by atomic mass is 32.2. The summed E-state index contributed by atoms with van der Waals surface area (Å²) < 4.78 is 57.1. The van der Waals surface area contributed by atoms with E-state index in [1.165, 1.54) is 24.3 Å². The average molecular weight is 499 g/mol. The Kier molecular flexibility index (Phi) is 6.26. The molecule has 35 heavy (non-hydrogen) atoms. The van der Waals surface area contributed by atoms with Crippen LogP contribution in [-0.4, -0.2) is 40.4 Å². The summed E-state index contributed by atoms with van der Waals surface area (Å²) in [5, 5.41) is 11.6. The first-order valence-corrected chi connectivity index (χ1v) is 12.7. The zero-order valence-corrected chi connectivity index (χ0v) is 19.6. The number of benzene rings is 3.